The maximum atomic E-state index is 14.8. The molecule has 280 valence electrons. The van der Waals surface area contributed by atoms with Gasteiger partial charge in [0.25, 0.3) is 11.1 Å². The van der Waals surface area contributed by atoms with Gasteiger partial charge in [0.15, 0.2) is 11.3 Å². The van der Waals surface area contributed by atoms with Crippen molar-refractivity contribution in [1.82, 2.24) is 39.0 Å². The maximum absolute atomic E-state index is 14.8. The van der Waals surface area contributed by atoms with Crippen molar-refractivity contribution in [2.45, 2.75) is 13.1 Å². The maximum Gasteiger partial charge on any atom is 0.263 e. The Morgan fingerprint density at radius 1 is 0.466 bits per heavy atom. The van der Waals surface area contributed by atoms with E-state index in [2.05, 4.69) is 29.9 Å². The Morgan fingerprint density at radius 3 is 1.59 bits per heavy atom. The van der Waals surface area contributed by atoms with Crippen LogP contribution in [0.25, 0.3) is 66.0 Å². The monoisotopic (exact) mass is 764 g/mol. The second kappa shape index (κ2) is 15.3. The Labute approximate surface area is 328 Å². The smallest absolute Gasteiger partial charge is 0.263 e. The molecule has 10 aromatic rings. The van der Waals surface area contributed by atoms with Crippen LogP contribution in [-0.4, -0.2) is 39.0 Å². The number of halogens is 2. The first-order valence-corrected chi connectivity index (χ1v) is 18.2. The predicted octanol–water partition coefficient (Wildman–Crippen LogP) is 8.39. The van der Waals surface area contributed by atoms with Gasteiger partial charge in [0.05, 0.1) is 29.4 Å². The molecular weight excluding hydrogens is 735 g/mol. The fraction of sp³-hybridized carbons (Fsp3) is 0.0435. The summed E-state index contributed by atoms with van der Waals surface area (Å²) in [5.74, 6) is -0.734. The fourth-order valence-electron chi connectivity index (χ4n) is 6.82. The molecule has 6 heterocycles. The normalized spacial score (nSPS) is 11.2. The van der Waals surface area contributed by atoms with Crippen molar-refractivity contribution in [1.29, 1.82) is 0 Å². The van der Waals surface area contributed by atoms with Gasteiger partial charge in [0.1, 0.15) is 24.3 Å². The van der Waals surface area contributed by atoms with E-state index in [1.165, 1.54) is 33.9 Å². The zero-order valence-electron chi connectivity index (χ0n) is 30.6. The van der Waals surface area contributed by atoms with Crippen molar-refractivity contribution in [3.8, 4) is 22.3 Å². The number of hydrogen-bond acceptors (Lipinski definition) is 8. The highest BCUT2D eigenvalue weighted by Crippen LogP contribution is 2.27. The third kappa shape index (κ3) is 7.17. The third-order valence-electron chi connectivity index (χ3n) is 9.89. The summed E-state index contributed by atoms with van der Waals surface area (Å²) in [6.45, 7) is 0.205. The molecule has 4 aromatic carbocycles. The minimum atomic E-state index is -0.369. The van der Waals surface area contributed by atoms with Crippen LogP contribution in [-0.2, 0) is 13.1 Å². The highest BCUT2D eigenvalue weighted by atomic mass is 19.1. The van der Waals surface area contributed by atoms with E-state index >= 15 is 0 Å². The number of hydrogen-bond donors (Lipinski definition) is 0. The molecule has 0 aliphatic heterocycles. The zero-order valence-corrected chi connectivity index (χ0v) is 30.6. The molecule has 0 aliphatic rings. The van der Waals surface area contributed by atoms with Crippen molar-refractivity contribution in [2.75, 3.05) is 0 Å². The van der Waals surface area contributed by atoms with Crippen LogP contribution in [0.1, 0.15) is 11.1 Å². The van der Waals surface area contributed by atoms with Gasteiger partial charge in [-0.3, -0.25) is 28.7 Å². The van der Waals surface area contributed by atoms with E-state index in [1.807, 2.05) is 66.7 Å². The van der Waals surface area contributed by atoms with Gasteiger partial charge in [-0.1, -0.05) is 48.5 Å². The lowest BCUT2D eigenvalue weighted by Gasteiger charge is -2.10. The highest BCUT2D eigenvalue weighted by Gasteiger charge is 2.12. The summed E-state index contributed by atoms with van der Waals surface area (Å²) in [4.78, 5) is 50.2. The Kier molecular flexibility index (Phi) is 9.48. The van der Waals surface area contributed by atoms with E-state index < -0.39 is 0 Å². The molecule has 0 fully saturated rings. The number of pyridine rings is 4. The quantitative estimate of drug-likeness (QED) is 0.166. The summed E-state index contributed by atoms with van der Waals surface area (Å²) in [7, 11) is 0. The fourth-order valence-corrected chi connectivity index (χ4v) is 6.82. The Bertz CT molecular complexity index is 3080. The summed E-state index contributed by atoms with van der Waals surface area (Å²) in [6.07, 6.45) is 11.3. The molecule has 0 atom stereocenters. The van der Waals surface area contributed by atoms with Crippen molar-refractivity contribution < 1.29 is 8.78 Å². The second-order valence-electron chi connectivity index (χ2n) is 13.6. The summed E-state index contributed by atoms with van der Waals surface area (Å²) in [5.41, 5.74) is 5.40. The van der Waals surface area contributed by atoms with E-state index in [0.29, 0.717) is 33.2 Å². The Morgan fingerprint density at radius 2 is 0.983 bits per heavy atom. The molecular formula is C46H30F2N8O2. The van der Waals surface area contributed by atoms with Crippen LogP contribution in [0.4, 0.5) is 8.78 Å². The van der Waals surface area contributed by atoms with Gasteiger partial charge in [0, 0.05) is 52.9 Å². The van der Waals surface area contributed by atoms with Crippen LogP contribution in [0.5, 0.6) is 0 Å². The zero-order chi connectivity index (χ0) is 39.6. The molecule has 0 spiro atoms. The van der Waals surface area contributed by atoms with Gasteiger partial charge in [-0.2, -0.15) is 0 Å². The molecule has 58 heavy (non-hydrogen) atoms. The Hall–Kier alpha value is -7.86. The lowest BCUT2D eigenvalue weighted by Crippen LogP contribution is -2.21. The SMILES string of the molecule is O=c1c2cccnc2ncn1Cc1ccc(-c2ccc3cnccc3c2)cc1F.O=c1c2cccnc2ncn1Cc1ccc(-c2ccc3ncccc3c2)cc1F. The largest absolute Gasteiger partial charge is 0.294 e. The summed E-state index contributed by atoms with van der Waals surface area (Å²) >= 11 is 0. The topological polar surface area (TPSA) is 121 Å². The first-order valence-electron chi connectivity index (χ1n) is 18.2. The molecule has 10 rings (SSSR count). The number of aromatic nitrogens is 8. The molecule has 0 saturated carbocycles. The van der Waals surface area contributed by atoms with Gasteiger partial charge in [-0.15, -0.1) is 0 Å². The average Bonchev–Trinajstić information content (AvgIpc) is 3.27. The standard InChI is InChI=1S/2C23H15FN4O/c24-20-12-16(15-7-8-21-17(11-15)3-1-9-25-21)5-6-18(20)13-28-14-27-22-19(23(28)29)4-2-10-26-22;24-21-11-16(15-3-5-18-12-25-9-7-17(18)10-15)4-6-19(21)13-28-14-27-22-20(23(28)29)2-1-8-26-22/h2*1-12,14H,13H2. The minimum Gasteiger partial charge on any atom is -0.294 e. The first kappa shape index (κ1) is 35.8. The summed E-state index contributed by atoms with van der Waals surface area (Å²) in [5, 5.41) is 3.90. The molecule has 6 aromatic heterocycles. The number of fused-ring (bicyclic) bond motifs is 4. The number of rotatable bonds is 6. The molecule has 0 unspecified atom stereocenters. The number of benzene rings is 4. The van der Waals surface area contributed by atoms with Crippen molar-refractivity contribution in [3.05, 3.63) is 202 Å². The van der Waals surface area contributed by atoms with Crippen LogP contribution in [0.15, 0.2) is 168 Å². The van der Waals surface area contributed by atoms with Crippen LogP contribution < -0.4 is 11.1 Å². The van der Waals surface area contributed by atoms with E-state index in [9.17, 15) is 18.4 Å². The van der Waals surface area contributed by atoms with Crippen molar-refractivity contribution in [2.24, 2.45) is 0 Å². The van der Waals surface area contributed by atoms with Gasteiger partial charge >= 0.3 is 0 Å². The molecule has 0 N–H and O–H groups in total. The minimum absolute atomic E-state index is 0.102. The first-order chi connectivity index (χ1) is 28.4. The lowest BCUT2D eigenvalue weighted by molar-refractivity contribution is 0.595. The van der Waals surface area contributed by atoms with E-state index in [4.69, 9.17) is 0 Å². The Balaban J connectivity index is 0.000000150. The van der Waals surface area contributed by atoms with Crippen LogP contribution in [0, 0.1) is 11.6 Å². The van der Waals surface area contributed by atoms with Crippen LogP contribution in [0.2, 0.25) is 0 Å². The second-order valence-corrected chi connectivity index (χ2v) is 13.6. The highest BCUT2D eigenvalue weighted by molar-refractivity contribution is 5.87. The van der Waals surface area contributed by atoms with Gasteiger partial charge in [0.2, 0.25) is 0 Å². The average molecular weight is 765 g/mol. The molecule has 0 bridgehead atoms. The molecule has 0 amide bonds. The summed E-state index contributed by atoms with van der Waals surface area (Å²) in [6, 6.07) is 34.4. The molecule has 10 nitrogen and oxygen atoms in total. The molecule has 0 saturated heterocycles. The van der Waals surface area contributed by atoms with Crippen LogP contribution >= 0.6 is 0 Å². The molecule has 12 heteroatoms. The van der Waals surface area contributed by atoms with Gasteiger partial charge in [-0.25, -0.2) is 28.7 Å². The molecule has 0 aliphatic carbocycles. The van der Waals surface area contributed by atoms with E-state index in [0.717, 1.165) is 43.9 Å². The van der Waals surface area contributed by atoms with Gasteiger partial charge < -0.3 is 0 Å². The van der Waals surface area contributed by atoms with E-state index in [1.54, 1.807) is 67.4 Å². The lowest BCUT2D eigenvalue weighted by atomic mass is 10.0. The molecule has 0 radical (unpaired) electrons. The predicted molar refractivity (Wildman–Crippen MR) is 220 cm³/mol. The van der Waals surface area contributed by atoms with E-state index in [-0.39, 0.29) is 35.8 Å². The van der Waals surface area contributed by atoms with Crippen molar-refractivity contribution >= 4 is 43.7 Å². The third-order valence-corrected chi connectivity index (χ3v) is 9.89. The van der Waals surface area contributed by atoms with Crippen LogP contribution in [0.3, 0.4) is 0 Å². The van der Waals surface area contributed by atoms with Crippen molar-refractivity contribution in [3.63, 3.8) is 0 Å². The number of nitrogens with zero attached hydrogens (tertiary/aromatic N) is 8. The van der Waals surface area contributed by atoms with Gasteiger partial charge in [-0.05, 0) is 94.4 Å². The summed E-state index contributed by atoms with van der Waals surface area (Å²) < 4.78 is 32.4.